The molecule has 2 N–H and O–H groups in total. The lowest BCUT2D eigenvalue weighted by molar-refractivity contribution is 0.426. The maximum Gasteiger partial charge on any atom is 0.0749 e. The van der Waals surface area contributed by atoms with Crippen LogP contribution in [0.3, 0.4) is 0 Å². The summed E-state index contributed by atoms with van der Waals surface area (Å²) in [6.45, 7) is 6.95. The molecule has 4 nitrogen and oxygen atoms in total. The van der Waals surface area contributed by atoms with Gasteiger partial charge in [0, 0.05) is 22.7 Å². The minimum Gasteiger partial charge on any atom is -0.330 e. The molecule has 2 unspecified atom stereocenters. The first-order valence-corrected chi connectivity index (χ1v) is 8.18. The number of nitrogens with two attached hydrogens (primary N) is 1. The summed E-state index contributed by atoms with van der Waals surface area (Å²) in [6, 6.07) is 2.43. The van der Waals surface area contributed by atoms with Crippen molar-refractivity contribution in [2.75, 3.05) is 12.3 Å². The summed E-state index contributed by atoms with van der Waals surface area (Å²) in [5, 5.41) is 4.52. The Balaban J connectivity index is 2.56. The van der Waals surface area contributed by atoms with Crippen LogP contribution in [-0.4, -0.2) is 26.3 Å². The van der Waals surface area contributed by atoms with E-state index in [4.69, 9.17) is 5.73 Å². The van der Waals surface area contributed by atoms with Gasteiger partial charge in [-0.3, -0.25) is 8.89 Å². The van der Waals surface area contributed by atoms with Gasteiger partial charge in [-0.15, -0.1) is 0 Å². The van der Waals surface area contributed by atoms with Gasteiger partial charge in [0.1, 0.15) is 0 Å². The average molecular weight is 271 g/mol. The Bertz CT molecular complexity index is 374. The predicted molar refractivity (Wildman–Crippen MR) is 76.8 cm³/mol. The van der Waals surface area contributed by atoms with E-state index in [1.807, 2.05) is 23.9 Å². The molecule has 2 atom stereocenters. The van der Waals surface area contributed by atoms with Gasteiger partial charge < -0.3 is 5.73 Å². The Labute approximate surface area is 112 Å². The van der Waals surface area contributed by atoms with Crippen LogP contribution < -0.4 is 5.73 Å². The Morgan fingerprint density at radius 3 is 2.67 bits per heavy atom. The summed E-state index contributed by atoms with van der Waals surface area (Å²) in [4.78, 5) is 0. The highest BCUT2D eigenvalue weighted by Crippen LogP contribution is 2.15. The molecule has 0 amide bonds. The number of nitrogens with zero attached hydrogens (tertiary/aromatic N) is 2. The molecule has 1 rings (SSSR count). The van der Waals surface area contributed by atoms with Crippen LogP contribution in [-0.2, 0) is 16.6 Å². The topological polar surface area (TPSA) is 60.9 Å². The van der Waals surface area contributed by atoms with Gasteiger partial charge in [0.05, 0.1) is 17.5 Å². The maximum atomic E-state index is 11.9. The van der Waals surface area contributed by atoms with Crippen LogP contribution in [0.15, 0.2) is 12.3 Å². The molecule has 0 saturated carbocycles. The van der Waals surface area contributed by atoms with Crippen molar-refractivity contribution in [2.45, 2.75) is 45.4 Å². The summed E-state index contributed by atoms with van der Waals surface area (Å²) in [5.74, 6) is 1.51. The lowest BCUT2D eigenvalue weighted by atomic mass is 10.2. The van der Waals surface area contributed by atoms with Crippen molar-refractivity contribution in [3.05, 3.63) is 18.0 Å². The maximum absolute atomic E-state index is 11.9. The second-order valence-corrected chi connectivity index (χ2v) is 6.35. The van der Waals surface area contributed by atoms with Crippen LogP contribution in [0, 0.1) is 5.92 Å². The van der Waals surface area contributed by atoms with E-state index in [-0.39, 0.29) is 0 Å². The molecule has 0 aliphatic rings. The second-order valence-electron chi connectivity index (χ2n) is 4.85. The third-order valence-electron chi connectivity index (χ3n) is 3.16. The fourth-order valence-corrected chi connectivity index (χ4v) is 3.30. The second kappa shape index (κ2) is 7.69. The van der Waals surface area contributed by atoms with Crippen LogP contribution in [0.1, 0.15) is 45.3 Å². The molecule has 0 aliphatic heterocycles. The Hall–Kier alpha value is -0.680. The highest BCUT2D eigenvalue weighted by Gasteiger charge is 2.11. The van der Waals surface area contributed by atoms with Crippen LogP contribution in [0.5, 0.6) is 0 Å². The zero-order chi connectivity index (χ0) is 13.5. The van der Waals surface area contributed by atoms with Gasteiger partial charge in [-0.05, 0) is 31.4 Å². The Morgan fingerprint density at radius 1 is 1.44 bits per heavy atom. The first kappa shape index (κ1) is 15.4. The largest absolute Gasteiger partial charge is 0.330 e. The minimum atomic E-state index is -0.861. The van der Waals surface area contributed by atoms with E-state index < -0.39 is 10.8 Å². The van der Waals surface area contributed by atoms with Crippen molar-refractivity contribution in [3.8, 4) is 0 Å². The molecule has 1 heterocycles. The average Bonchev–Trinajstić information content (AvgIpc) is 2.78. The fraction of sp³-hybridized carbons (Fsp3) is 0.769. The molecule has 0 saturated heterocycles. The number of hydrogen-bond donors (Lipinski definition) is 1. The van der Waals surface area contributed by atoms with E-state index in [2.05, 4.69) is 18.9 Å². The summed E-state index contributed by atoms with van der Waals surface area (Å²) in [5.41, 5.74) is 6.46. The summed E-state index contributed by atoms with van der Waals surface area (Å²) >= 11 is 0. The zero-order valence-corrected chi connectivity index (χ0v) is 12.4. The molecular formula is C13H25N3OS. The van der Waals surface area contributed by atoms with Crippen LogP contribution in [0.4, 0.5) is 0 Å². The van der Waals surface area contributed by atoms with Crippen molar-refractivity contribution >= 4 is 10.8 Å². The number of hydrogen-bond acceptors (Lipinski definition) is 3. The number of rotatable bonds is 8. The van der Waals surface area contributed by atoms with E-state index in [9.17, 15) is 4.21 Å². The molecule has 0 fully saturated rings. The first-order valence-electron chi connectivity index (χ1n) is 6.69. The number of aromatic nitrogens is 2. The van der Waals surface area contributed by atoms with Gasteiger partial charge in [-0.25, -0.2) is 0 Å². The molecule has 0 radical (unpaired) electrons. The van der Waals surface area contributed by atoms with Gasteiger partial charge in [0.15, 0.2) is 0 Å². The molecule has 18 heavy (non-hydrogen) atoms. The predicted octanol–water partition coefficient (Wildman–Crippen LogP) is 2.09. The van der Waals surface area contributed by atoms with Gasteiger partial charge in [-0.1, -0.05) is 20.8 Å². The molecule has 1 aromatic heterocycles. The summed E-state index contributed by atoms with van der Waals surface area (Å²) in [6.07, 6.45) is 4.15. The fourth-order valence-electron chi connectivity index (χ4n) is 1.93. The smallest absolute Gasteiger partial charge is 0.0749 e. The zero-order valence-electron chi connectivity index (χ0n) is 11.6. The van der Waals surface area contributed by atoms with E-state index in [0.717, 1.165) is 18.5 Å². The molecule has 104 valence electrons. The monoisotopic (exact) mass is 271 g/mol. The van der Waals surface area contributed by atoms with Crippen molar-refractivity contribution in [2.24, 2.45) is 11.7 Å². The van der Waals surface area contributed by atoms with Crippen LogP contribution in [0.25, 0.3) is 0 Å². The molecule has 0 bridgehead atoms. The third-order valence-corrected chi connectivity index (χ3v) is 4.72. The molecule has 0 aromatic carbocycles. The van der Waals surface area contributed by atoms with Gasteiger partial charge in [0.2, 0.25) is 0 Å². The van der Waals surface area contributed by atoms with Crippen molar-refractivity contribution in [1.29, 1.82) is 0 Å². The normalized spacial score (nSPS) is 14.9. The Kier molecular flexibility index (Phi) is 6.57. The van der Waals surface area contributed by atoms with E-state index in [0.29, 0.717) is 30.0 Å². The Morgan fingerprint density at radius 2 is 2.11 bits per heavy atom. The molecule has 0 spiro atoms. The molecular weight excluding hydrogens is 246 g/mol. The van der Waals surface area contributed by atoms with Crippen molar-refractivity contribution in [3.63, 3.8) is 0 Å². The van der Waals surface area contributed by atoms with Crippen molar-refractivity contribution < 1.29 is 4.21 Å². The van der Waals surface area contributed by atoms with Gasteiger partial charge in [-0.2, -0.15) is 5.10 Å². The van der Waals surface area contributed by atoms with E-state index >= 15 is 0 Å². The highest BCUT2D eigenvalue weighted by atomic mass is 32.2. The molecule has 0 aliphatic carbocycles. The standard InChI is InChI=1S/C13H25N3OS/c1-4-13(5-2)16-7-6-12(15-16)10-18(17)9-11(3)8-14/h6-7,11,13H,4-5,8-10,14H2,1-3H3. The summed E-state index contributed by atoms with van der Waals surface area (Å²) < 4.78 is 13.9. The third kappa shape index (κ3) is 4.53. The van der Waals surface area contributed by atoms with Crippen LogP contribution >= 0.6 is 0 Å². The lowest BCUT2D eigenvalue weighted by Crippen LogP contribution is -2.18. The molecule has 5 heteroatoms. The van der Waals surface area contributed by atoms with E-state index in [1.54, 1.807) is 0 Å². The molecule has 1 aromatic rings. The van der Waals surface area contributed by atoms with Gasteiger partial charge >= 0.3 is 0 Å². The van der Waals surface area contributed by atoms with Crippen molar-refractivity contribution in [1.82, 2.24) is 9.78 Å². The SMILES string of the molecule is CCC(CC)n1ccc(CS(=O)CC(C)CN)n1. The quantitative estimate of drug-likeness (QED) is 0.787. The van der Waals surface area contributed by atoms with Gasteiger partial charge in [0.25, 0.3) is 0 Å². The minimum absolute atomic E-state index is 0.312. The van der Waals surface area contributed by atoms with E-state index in [1.165, 1.54) is 0 Å². The highest BCUT2D eigenvalue weighted by molar-refractivity contribution is 7.84. The first-order chi connectivity index (χ1) is 8.60. The van der Waals surface area contributed by atoms with Crippen LogP contribution in [0.2, 0.25) is 0 Å². The lowest BCUT2D eigenvalue weighted by Gasteiger charge is -2.12. The summed E-state index contributed by atoms with van der Waals surface area (Å²) in [7, 11) is -0.861.